The molecular weight excluding hydrogens is 545 g/mol. The smallest absolute Gasteiger partial charge is 0.365 e. The summed E-state index contributed by atoms with van der Waals surface area (Å²) >= 11 is 1.03. The number of hydrogen-bond donors (Lipinski definition) is 1. The maximum Gasteiger partial charge on any atom is 0.408 e. The molecule has 0 radical (unpaired) electrons. The van der Waals surface area contributed by atoms with Crippen molar-refractivity contribution in [1.29, 1.82) is 5.26 Å². The molecule has 206 valence electrons. The highest BCUT2D eigenvalue weighted by Gasteiger charge is 2.41. The topological polar surface area (TPSA) is 130 Å². The molecule has 1 saturated carbocycles. The number of carbonyl (C=O) groups is 1. The number of thiazole rings is 1. The maximum atomic E-state index is 13.3. The lowest BCUT2D eigenvalue weighted by Gasteiger charge is -2.45. The van der Waals surface area contributed by atoms with Gasteiger partial charge in [-0.15, -0.1) is 21.5 Å². The van der Waals surface area contributed by atoms with Crippen molar-refractivity contribution in [3.8, 4) is 22.6 Å². The van der Waals surface area contributed by atoms with Gasteiger partial charge in [0, 0.05) is 30.6 Å². The van der Waals surface area contributed by atoms with Gasteiger partial charge in [0.25, 0.3) is 5.91 Å². The number of anilines is 2. The summed E-state index contributed by atoms with van der Waals surface area (Å²) in [4.78, 5) is 28.4. The zero-order valence-electron chi connectivity index (χ0n) is 21.4. The van der Waals surface area contributed by atoms with E-state index in [2.05, 4.69) is 36.5 Å². The van der Waals surface area contributed by atoms with Gasteiger partial charge in [-0.3, -0.25) is 9.36 Å². The van der Waals surface area contributed by atoms with E-state index in [4.69, 9.17) is 0 Å². The van der Waals surface area contributed by atoms with Crippen molar-refractivity contribution in [2.24, 2.45) is 5.41 Å². The molecule has 0 aromatic carbocycles. The van der Waals surface area contributed by atoms with Gasteiger partial charge < -0.3 is 14.8 Å². The summed E-state index contributed by atoms with van der Waals surface area (Å²) in [5.41, 5.74) is 2.13. The summed E-state index contributed by atoms with van der Waals surface area (Å²) in [5.74, 6) is 0.00940. The highest BCUT2D eigenvalue weighted by molar-refractivity contribution is 7.13. The molecular formula is C25H23F3N10OS. The third-order valence-corrected chi connectivity index (χ3v) is 7.90. The standard InChI is InChI=1S/C25H23F3N10OS/c1-14(25(26,27)28)38-13-32-35-21(38)23-34-20(8-40-23)33-22(39)16-5-18(36-7-17(31-12-36)15-3-4-15)19(6-30-16)37-10-24(2,9-29)11-37/h5-8,12-15H,3-4,10-11H2,1-2H3,(H,33,39). The number of rotatable bonds is 7. The van der Waals surface area contributed by atoms with Gasteiger partial charge in [-0.1, -0.05) is 0 Å². The summed E-state index contributed by atoms with van der Waals surface area (Å²) in [6.45, 7) is 3.97. The number of nitrogens with one attached hydrogen (secondary N) is 1. The van der Waals surface area contributed by atoms with Gasteiger partial charge >= 0.3 is 6.18 Å². The van der Waals surface area contributed by atoms with Crippen LogP contribution in [0, 0.1) is 16.7 Å². The Hall–Kier alpha value is -4.32. The van der Waals surface area contributed by atoms with Crippen LogP contribution in [0.25, 0.3) is 16.5 Å². The van der Waals surface area contributed by atoms with Crippen LogP contribution in [-0.4, -0.2) is 59.5 Å². The Morgan fingerprint density at radius 1 is 1.25 bits per heavy atom. The highest BCUT2D eigenvalue weighted by atomic mass is 32.1. The summed E-state index contributed by atoms with van der Waals surface area (Å²) in [7, 11) is 0. The van der Waals surface area contributed by atoms with E-state index in [0.717, 1.165) is 53.4 Å². The number of halogens is 3. The number of amides is 1. The van der Waals surface area contributed by atoms with Gasteiger partial charge in [0.15, 0.2) is 10.8 Å². The van der Waals surface area contributed by atoms with Crippen LogP contribution in [0.2, 0.25) is 0 Å². The molecule has 1 aliphatic heterocycles. The minimum atomic E-state index is -4.49. The van der Waals surface area contributed by atoms with E-state index >= 15 is 0 Å². The molecule has 4 aromatic heterocycles. The Kier molecular flexibility index (Phi) is 6.10. The second-order valence-electron chi connectivity index (χ2n) is 10.3. The largest absolute Gasteiger partial charge is 0.408 e. The molecule has 1 amide bonds. The Labute approximate surface area is 230 Å². The van der Waals surface area contributed by atoms with E-state index in [1.165, 1.54) is 5.38 Å². The molecule has 4 aromatic rings. The van der Waals surface area contributed by atoms with Crippen molar-refractivity contribution in [1.82, 2.24) is 34.3 Å². The first-order valence-corrected chi connectivity index (χ1v) is 13.4. The SMILES string of the molecule is CC(n1cnnc1-c1nc(NC(=O)c2cc(-n3cnc(C4CC4)c3)c(N3CC(C)(C#N)C3)cn2)cs1)C(F)(F)F. The van der Waals surface area contributed by atoms with Crippen LogP contribution in [0.1, 0.15) is 54.8 Å². The van der Waals surface area contributed by atoms with E-state index < -0.39 is 23.5 Å². The molecule has 6 rings (SSSR count). The molecule has 1 aliphatic carbocycles. The summed E-state index contributed by atoms with van der Waals surface area (Å²) in [5, 5.41) is 21.2. The number of aromatic nitrogens is 7. The number of nitriles is 1. The Balaban J connectivity index is 1.25. The molecule has 2 fully saturated rings. The fourth-order valence-corrected chi connectivity index (χ4v) is 5.30. The fraction of sp³-hybridized carbons (Fsp3) is 0.400. The van der Waals surface area contributed by atoms with E-state index in [1.54, 1.807) is 18.6 Å². The fourth-order valence-electron chi connectivity index (χ4n) is 4.56. The zero-order valence-corrected chi connectivity index (χ0v) is 22.2. The van der Waals surface area contributed by atoms with Crippen LogP contribution in [0.4, 0.5) is 24.7 Å². The van der Waals surface area contributed by atoms with Crippen molar-refractivity contribution in [3.63, 3.8) is 0 Å². The molecule has 11 nitrogen and oxygen atoms in total. The molecule has 40 heavy (non-hydrogen) atoms. The molecule has 1 saturated heterocycles. The summed E-state index contributed by atoms with van der Waals surface area (Å²) in [6, 6.07) is 2.14. The minimum absolute atomic E-state index is 0.0504. The number of alkyl halides is 3. The lowest BCUT2D eigenvalue weighted by atomic mass is 9.83. The average molecular weight is 569 g/mol. The molecule has 5 heterocycles. The third-order valence-electron chi connectivity index (χ3n) is 7.06. The van der Waals surface area contributed by atoms with Gasteiger partial charge in [-0.05, 0) is 32.8 Å². The first-order chi connectivity index (χ1) is 19.0. The van der Waals surface area contributed by atoms with Gasteiger partial charge in [-0.25, -0.2) is 15.0 Å². The quantitative estimate of drug-likeness (QED) is 0.343. The highest BCUT2D eigenvalue weighted by Crippen LogP contribution is 2.41. The van der Waals surface area contributed by atoms with E-state index in [0.29, 0.717) is 24.7 Å². The van der Waals surface area contributed by atoms with Crippen LogP contribution < -0.4 is 10.2 Å². The van der Waals surface area contributed by atoms with Gasteiger partial charge in [0.05, 0.1) is 41.1 Å². The van der Waals surface area contributed by atoms with Gasteiger partial charge in [0.1, 0.15) is 23.9 Å². The van der Waals surface area contributed by atoms with Crippen LogP contribution in [0.15, 0.2) is 36.5 Å². The van der Waals surface area contributed by atoms with Crippen molar-refractivity contribution in [2.75, 3.05) is 23.3 Å². The molecule has 1 unspecified atom stereocenters. The molecule has 0 bridgehead atoms. The number of imidazole rings is 1. The molecule has 1 N–H and O–H groups in total. The second kappa shape index (κ2) is 9.40. The van der Waals surface area contributed by atoms with Crippen molar-refractivity contribution in [2.45, 2.75) is 44.8 Å². The average Bonchev–Trinajstić information content (AvgIpc) is 3.28. The monoisotopic (exact) mass is 568 g/mol. The molecule has 15 heteroatoms. The predicted octanol–water partition coefficient (Wildman–Crippen LogP) is 4.59. The van der Waals surface area contributed by atoms with Crippen LogP contribution in [0.5, 0.6) is 0 Å². The van der Waals surface area contributed by atoms with Crippen molar-refractivity contribution >= 4 is 28.7 Å². The number of pyridine rings is 1. The van der Waals surface area contributed by atoms with E-state index in [9.17, 15) is 23.2 Å². The Morgan fingerprint density at radius 2 is 2.02 bits per heavy atom. The van der Waals surface area contributed by atoms with Crippen LogP contribution in [-0.2, 0) is 0 Å². The van der Waals surface area contributed by atoms with E-state index in [-0.39, 0.29) is 22.3 Å². The van der Waals surface area contributed by atoms with Crippen molar-refractivity contribution in [3.05, 3.63) is 47.9 Å². The minimum Gasteiger partial charge on any atom is -0.365 e. The van der Waals surface area contributed by atoms with E-state index in [1.807, 2.05) is 22.6 Å². The molecule has 2 aliphatic rings. The van der Waals surface area contributed by atoms with Gasteiger partial charge in [0.2, 0.25) is 0 Å². The Bertz CT molecular complexity index is 1620. The third kappa shape index (κ3) is 4.79. The molecule has 1 atom stereocenters. The maximum absolute atomic E-state index is 13.3. The van der Waals surface area contributed by atoms with Crippen molar-refractivity contribution < 1.29 is 18.0 Å². The summed E-state index contributed by atoms with van der Waals surface area (Å²) in [6.07, 6.45) is 3.98. The number of hydrogen-bond acceptors (Lipinski definition) is 9. The number of carbonyl (C=O) groups excluding carboxylic acids is 1. The normalized spacial score (nSPS) is 17.2. The van der Waals surface area contributed by atoms with Crippen LogP contribution >= 0.6 is 11.3 Å². The van der Waals surface area contributed by atoms with Gasteiger partial charge in [-0.2, -0.15) is 18.4 Å². The first kappa shape index (κ1) is 25.9. The second-order valence-corrected chi connectivity index (χ2v) is 11.2. The predicted molar refractivity (Wildman–Crippen MR) is 139 cm³/mol. The first-order valence-electron chi connectivity index (χ1n) is 12.5. The Morgan fingerprint density at radius 3 is 2.73 bits per heavy atom. The van der Waals surface area contributed by atoms with Crippen LogP contribution in [0.3, 0.4) is 0 Å². The zero-order chi connectivity index (χ0) is 28.2. The molecule has 0 spiro atoms. The lowest BCUT2D eigenvalue weighted by molar-refractivity contribution is -0.162. The lowest BCUT2D eigenvalue weighted by Crippen LogP contribution is -2.54. The summed E-state index contributed by atoms with van der Waals surface area (Å²) < 4.78 is 42.5. The number of nitrogens with zero attached hydrogens (tertiary/aromatic N) is 9.